The second-order valence-corrected chi connectivity index (χ2v) is 5.18. The molecule has 0 bridgehead atoms. The minimum absolute atomic E-state index is 0.0121. The monoisotopic (exact) mass is 336 g/mol. The number of hydrogen-bond acceptors (Lipinski definition) is 7. The van der Waals surface area contributed by atoms with Crippen LogP contribution in [0.3, 0.4) is 0 Å². The molecule has 0 aromatic rings. The van der Waals surface area contributed by atoms with Crippen molar-refractivity contribution in [2.75, 3.05) is 13.2 Å². The van der Waals surface area contributed by atoms with Gasteiger partial charge in [0.25, 0.3) is 5.95 Å². The zero-order valence-corrected chi connectivity index (χ0v) is 13.9. The normalized spacial score (nSPS) is 16.9. The highest BCUT2D eigenvalue weighted by molar-refractivity contribution is 5.91. The van der Waals surface area contributed by atoms with Gasteiger partial charge in [-0.05, 0) is 27.4 Å². The molecule has 1 fully saturated rings. The van der Waals surface area contributed by atoms with Crippen LogP contribution in [0, 0.1) is 0 Å². The minimum atomic E-state index is -0.765. The zero-order chi connectivity index (χ0) is 18.3. The van der Waals surface area contributed by atoms with E-state index in [1.165, 1.54) is 26.0 Å². The fourth-order valence-electron chi connectivity index (χ4n) is 1.23. The van der Waals surface area contributed by atoms with Gasteiger partial charge in [-0.3, -0.25) is 0 Å². The van der Waals surface area contributed by atoms with E-state index >= 15 is 0 Å². The second-order valence-electron chi connectivity index (χ2n) is 5.18. The molecular formula is C17H20O7. The van der Waals surface area contributed by atoms with Gasteiger partial charge in [0.15, 0.2) is 0 Å². The fraction of sp³-hybridized carbons (Fsp3) is 0.353. The van der Waals surface area contributed by atoms with Crippen molar-refractivity contribution in [1.82, 2.24) is 0 Å². The lowest BCUT2D eigenvalue weighted by molar-refractivity contribution is -0.148. The summed E-state index contributed by atoms with van der Waals surface area (Å²) in [6.45, 7) is 12.0. The SMILES string of the molecule is C=C(OC(=O)C(=C)C)OC(=O)/C(C)=C/C=C(\C)C(=O)OCC1CO1. The third kappa shape index (κ3) is 7.06. The van der Waals surface area contributed by atoms with Gasteiger partial charge in [-0.1, -0.05) is 18.7 Å². The summed E-state index contributed by atoms with van der Waals surface area (Å²) >= 11 is 0. The first-order valence-corrected chi connectivity index (χ1v) is 7.13. The van der Waals surface area contributed by atoms with Crippen LogP contribution in [-0.2, 0) is 33.3 Å². The molecule has 1 aliphatic rings. The first kappa shape index (κ1) is 19.4. The lowest BCUT2D eigenvalue weighted by Crippen LogP contribution is -2.12. The summed E-state index contributed by atoms with van der Waals surface area (Å²) in [5.41, 5.74) is 0.642. The summed E-state index contributed by atoms with van der Waals surface area (Å²) in [4.78, 5) is 34.7. The van der Waals surface area contributed by atoms with Crippen LogP contribution in [0.15, 0.2) is 48.0 Å². The molecule has 1 unspecified atom stereocenters. The molecule has 0 radical (unpaired) electrons. The average molecular weight is 336 g/mol. The van der Waals surface area contributed by atoms with Crippen LogP contribution in [0.4, 0.5) is 0 Å². The van der Waals surface area contributed by atoms with Crippen molar-refractivity contribution in [1.29, 1.82) is 0 Å². The van der Waals surface area contributed by atoms with Gasteiger partial charge in [-0.2, -0.15) is 0 Å². The Bertz CT molecular complexity index is 621. The highest BCUT2D eigenvalue weighted by atomic mass is 16.7. The van der Waals surface area contributed by atoms with E-state index in [0.717, 1.165) is 0 Å². The molecule has 0 aliphatic carbocycles. The largest absolute Gasteiger partial charge is 0.459 e. The van der Waals surface area contributed by atoms with Gasteiger partial charge in [-0.15, -0.1) is 0 Å². The van der Waals surface area contributed by atoms with E-state index in [0.29, 0.717) is 12.2 Å². The molecule has 7 heteroatoms. The second kappa shape index (κ2) is 8.83. The molecule has 1 saturated heterocycles. The molecule has 130 valence electrons. The number of allylic oxidation sites excluding steroid dienone is 2. The molecule has 1 aliphatic heterocycles. The maximum atomic E-state index is 11.8. The summed E-state index contributed by atoms with van der Waals surface area (Å²) in [6.07, 6.45) is 2.80. The maximum absolute atomic E-state index is 11.8. The van der Waals surface area contributed by atoms with Gasteiger partial charge in [-0.25, -0.2) is 14.4 Å². The number of hydrogen-bond donors (Lipinski definition) is 0. The minimum Gasteiger partial charge on any atom is -0.459 e. The van der Waals surface area contributed by atoms with E-state index in [-0.39, 0.29) is 23.9 Å². The average Bonchev–Trinajstić information content (AvgIpc) is 3.33. The lowest BCUT2D eigenvalue weighted by atomic mass is 10.2. The molecule has 0 aromatic heterocycles. The topological polar surface area (TPSA) is 91.4 Å². The number of carbonyl (C=O) groups is 3. The summed E-state index contributed by atoms with van der Waals surface area (Å²) in [7, 11) is 0. The Labute approximate surface area is 140 Å². The van der Waals surface area contributed by atoms with Gasteiger partial charge >= 0.3 is 17.9 Å². The van der Waals surface area contributed by atoms with E-state index in [4.69, 9.17) is 14.2 Å². The first-order chi connectivity index (χ1) is 11.2. The standard InChI is InChI=1S/C17H20O7/c1-10(2)15(18)23-13(5)24-17(20)12(4)7-6-11(3)16(19)22-9-14-8-21-14/h6-7,14H,1,5,8-9H2,2-4H3/b11-6+,12-7+. The van der Waals surface area contributed by atoms with Crippen LogP contribution in [0.2, 0.25) is 0 Å². The van der Waals surface area contributed by atoms with Crippen molar-refractivity contribution in [2.45, 2.75) is 26.9 Å². The fourth-order valence-corrected chi connectivity index (χ4v) is 1.23. The summed E-state index contributed by atoms with van der Waals surface area (Å²) < 4.78 is 19.3. The van der Waals surface area contributed by atoms with Gasteiger partial charge in [0.2, 0.25) is 0 Å². The molecule has 1 atom stereocenters. The van der Waals surface area contributed by atoms with Crippen LogP contribution >= 0.6 is 0 Å². The Morgan fingerprint density at radius 1 is 1.00 bits per heavy atom. The summed E-state index contributed by atoms with van der Waals surface area (Å²) in [5.74, 6) is -2.46. The van der Waals surface area contributed by atoms with Crippen molar-refractivity contribution in [2.24, 2.45) is 0 Å². The summed E-state index contributed by atoms with van der Waals surface area (Å²) in [6, 6.07) is 0. The molecule has 0 aromatic carbocycles. The van der Waals surface area contributed by atoms with Gasteiger partial charge in [0.1, 0.15) is 12.7 Å². The van der Waals surface area contributed by atoms with Crippen molar-refractivity contribution in [3.05, 3.63) is 48.0 Å². The van der Waals surface area contributed by atoms with Crippen LogP contribution in [0.5, 0.6) is 0 Å². The number of esters is 3. The quantitative estimate of drug-likeness (QED) is 0.220. The molecule has 0 N–H and O–H groups in total. The first-order valence-electron chi connectivity index (χ1n) is 7.13. The lowest BCUT2D eigenvalue weighted by Gasteiger charge is -2.07. The van der Waals surface area contributed by atoms with E-state index in [9.17, 15) is 14.4 Å². The molecule has 1 rings (SSSR count). The molecule has 24 heavy (non-hydrogen) atoms. The highest BCUT2D eigenvalue weighted by Crippen LogP contribution is 2.11. The molecule has 7 nitrogen and oxygen atoms in total. The Balaban J connectivity index is 2.50. The molecule has 0 amide bonds. The van der Waals surface area contributed by atoms with E-state index in [1.807, 2.05) is 0 Å². The predicted octanol–water partition coefficient (Wildman–Crippen LogP) is 1.95. The third-order valence-corrected chi connectivity index (χ3v) is 2.79. The van der Waals surface area contributed by atoms with Gasteiger partial charge in [0.05, 0.1) is 6.61 Å². The molecule has 0 saturated carbocycles. The number of ether oxygens (including phenoxy) is 4. The van der Waals surface area contributed by atoms with Crippen LogP contribution < -0.4 is 0 Å². The predicted molar refractivity (Wildman–Crippen MR) is 84.4 cm³/mol. The van der Waals surface area contributed by atoms with Crippen LogP contribution in [0.1, 0.15) is 20.8 Å². The number of rotatable bonds is 8. The van der Waals surface area contributed by atoms with E-state index in [1.54, 1.807) is 6.92 Å². The van der Waals surface area contributed by atoms with Crippen molar-refractivity contribution >= 4 is 17.9 Å². The Hall–Kier alpha value is -2.67. The third-order valence-electron chi connectivity index (χ3n) is 2.79. The maximum Gasteiger partial charge on any atom is 0.341 e. The number of carbonyl (C=O) groups excluding carboxylic acids is 3. The Morgan fingerprint density at radius 2 is 1.50 bits per heavy atom. The van der Waals surface area contributed by atoms with E-state index < -0.39 is 23.9 Å². The van der Waals surface area contributed by atoms with Crippen molar-refractivity contribution in [3.8, 4) is 0 Å². The van der Waals surface area contributed by atoms with Crippen LogP contribution in [0.25, 0.3) is 0 Å². The summed E-state index contributed by atoms with van der Waals surface area (Å²) in [5, 5.41) is 0. The highest BCUT2D eigenvalue weighted by Gasteiger charge is 2.24. The van der Waals surface area contributed by atoms with Crippen molar-refractivity contribution in [3.63, 3.8) is 0 Å². The van der Waals surface area contributed by atoms with Gasteiger partial charge < -0.3 is 18.9 Å². The zero-order valence-electron chi connectivity index (χ0n) is 13.9. The molecule has 1 heterocycles. The van der Waals surface area contributed by atoms with Crippen molar-refractivity contribution < 1.29 is 33.3 Å². The van der Waals surface area contributed by atoms with Crippen LogP contribution in [-0.4, -0.2) is 37.2 Å². The number of epoxide rings is 1. The Morgan fingerprint density at radius 3 is 2.00 bits per heavy atom. The smallest absolute Gasteiger partial charge is 0.341 e. The van der Waals surface area contributed by atoms with Gasteiger partial charge in [0, 0.05) is 16.7 Å². The van der Waals surface area contributed by atoms with E-state index in [2.05, 4.69) is 17.9 Å². The Kier molecular flexibility index (Phi) is 7.13. The molecular weight excluding hydrogens is 316 g/mol. The molecule has 0 spiro atoms.